The van der Waals surface area contributed by atoms with Crippen molar-refractivity contribution in [2.24, 2.45) is 11.7 Å². The maximum absolute atomic E-state index is 12.6. The number of benzene rings is 1. The van der Waals surface area contributed by atoms with Crippen LogP contribution in [0.15, 0.2) is 28.7 Å². The number of fused-ring (bicyclic) bond motifs is 1. The first-order valence-electron chi connectivity index (χ1n) is 7.63. The van der Waals surface area contributed by atoms with Crippen molar-refractivity contribution in [1.29, 1.82) is 0 Å². The average Bonchev–Trinajstić information content (AvgIpc) is 2.90. The van der Waals surface area contributed by atoms with Gasteiger partial charge in [0.05, 0.1) is 0 Å². The van der Waals surface area contributed by atoms with Gasteiger partial charge in [0.2, 0.25) is 0 Å². The fraction of sp³-hybridized carbons (Fsp3) is 0.471. The smallest absolute Gasteiger partial charge is 0.289 e. The molecule has 21 heavy (non-hydrogen) atoms. The topological polar surface area (TPSA) is 59.5 Å². The van der Waals surface area contributed by atoms with Crippen molar-refractivity contribution in [3.63, 3.8) is 0 Å². The molecule has 4 nitrogen and oxygen atoms in total. The van der Waals surface area contributed by atoms with Crippen molar-refractivity contribution in [2.45, 2.75) is 32.7 Å². The molecule has 2 unspecified atom stereocenters. The second-order valence-electron chi connectivity index (χ2n) is 6.02. The molecule has 2 atom stereocenters. The van der Waals surface area contributed by atoms with Crippen molar-refractivity contribution in [2.75, 3.05) is 13.1 Å². The number of aryl methyl sites for hydroxylation is 1. The third kappa shape index (κ3) is 2.68. The highest BCUT2D eigenvalue weighted by molar-refractivity contribution is 5.96. The molecule has 4 heteroatoms. The number of likely N-dealkylation sites (tertiary alicyclic amines) is 1. The normalized spacial score (nSPS) is 22.7. The van der Waals surface area contributed by atoms with E-state index in [0.717, 1.165) is 35.9 Å². The van der Waals surface area contributed by atoms with Gasteiger partial charge in [-0.2, -0.15) is 0 Å². The van der Waals surface area contributed by atoms with Gasteiger partial charge in [-0.15, -0.1) is 0 Å². The summed E-state index contributed by atoms with van der Waals surface area (Å²) >= 11 is 0. The standard InChI is InChI=1S/C17H22N2O2/c1-3-12-10-19(7-6-14(12)18)17(20)16-9-13-8-11(2)4-5-15(13)21-16/h4-5,8-9,12,14H,3,6-7,10,18H2,1-2H3. The van der Waals surface area contributed by atoms with Crippen LogP contribution in [-0.4, -0.2) is 29.9 Å². The molecule has 0 spiro atoms. The highest BCUT2D eigenvalue weighted by Gasteiger charge is 2.29. The van der Waals surface area contributed by atoms with E-state index in [-0.39, 0.29) is 11.9 Å². The van der Waals surface area contributed by atoms with E-state index in [1.54, 1.807) is 0 Å². The van der Waals surface area contributed by atoms with Crippen LogP contribution >= 0.6 is 0 Å². The van der Waals surface area contributed by atoms with Crippen LogP contribution in [0.4, 0.5) is 0 Å². The van der Waals surface area contributed by atoms with E-state index in [0.29, 0.717) is 18.2 Å². The zero-order valence-electron chi connectivity index (χ0n) is 12.6. The lowest BCUT2D eigenvalue weighted by Crippen LogP contribution is -2.48. The minimum absolute atomic E-state index is 0.0193. The Kier molecular flexibility index (Phi) is 3.72. The Morgan fingerprint density at radius 1 is 1.43 bits per heavy atom. The number of nitrogens with two attached hydrogens (primary N) is 1. The summed E-state index contributed by atoms with van der Waals surface area (Å²) in [6.07, 6.45) is 1.87. The first-order valence-corrected chi connectivity index (χ1v) is 7.63. The predicted molar refractivity (Wildman–Crippen MR) is 83.2 cm³/mol. The lowest BCUT2D eigenvalue weighted by molar-refractivity contribution is 0.0620. The molecule has 1 aliphatic rings. The Morgan fingerprint density at radius 2 is 2.24 bits per heavy atom. The molecule has 1 saturated heterocycles. The number of piperidine rings is 1. The number of furan rings is 1. The number of carbonyl (C=O) groups is 1. The summed E-state index contributed by atoms with van der Waals surface area (Å²) in [6.45, 7) is 5.60. The molecule has 1 amide bonds. The minimum Gasteiger partial charge on any atom is -0.451 e. The van der Waals surface area contributed by atoms with E-state index < -0.39 is 0 Å². The lowest BCUT2D eigenvalue weighted by atomic mass is 9.90. The molecule has 2 aromatic rings. The van der Waals surface area contributed by atoms with Crippen LogP contribution in [0.1, 0.15) is 35.9 Å². The molecule has 3 rings (SSSR count). The van der Waals surface area contributed by atoms with Gasteiger partial charge in [0, 0.05) is 24.5 Å². The third-order valence-corrected chi connectivity index (χ3v) is 4.49. The van der Waals surface area contributed by atoms with Gasteiger partial charge in [-0.25, -0.2) is 0 Å². The Hall–Kier alpha value is -1.81. The van der Waals surface area contributed by atoms with Crippen LogP contribution in [0, 0.1) is 12.8 Å². The summed E-state index contributed by atoms with van der Waals surface area (Å²) in [7, 11) is 0. The minimum atomic E-state index is -0.0193. The summed E-state index contributed by atoms with van der Waals surface area (Å²) in [5, 5.41) is 0.985. The largest absolute Gasteiger partial charge is 0.451 e. The Morgan fingerprint density at radius 3 is 3.00 bits per heavy atom. The first kappa shape index (κ1) is 14.1. The maximum atomic E-state index is 12.6. The van der Waals surface area contributed by atoms with E-state index in [1.807, 2.05) is 36.1 Å². The quantitative estimate of drug-likeness (QED) is 0.923. The number of hydrogen-bond acceptors (Lipinski definition) is 3. The highest BCUT2D eigenvalue weighted by atomic mass is 16.3. The molecular weight excluding hydrogens is 264 g/mol. The SMILES string of the molecule is CCC1CN(C(=O)c2cc3cc(C)ccc3o2)CCC1N. The Balaban J connectivity index is 1.83. The van der Waals surface area contributed by atoms with E-state index in [9.17, 15) is 4.79 Å². The molecule has 0 saturated carbocycles. The van der Waals surface area contributed by atoms with Gasteiger partial charge in [0.1, 0.15) is 5.58 Å². The number of nitrogens with zero attached hydrogens (tertiary/aromatic N) is 1. The van der Waals surface area contributed by atoms with Gasteiger partial charge in [0.25, 0.3) is 5.91 Å². The number of hydrogen-bond donors (Lipinski definition) is 1. The van der Waals surface area contributed by atoms with Crippen molar-refractivity contribution in [3.05, 3.63) is 35.6 Å². The average molecular weight is 286 g/mol. The fourth-order valence-electron chi connectivity index (χ4n) is 3.09. The number of amides is 1. The molecule has 1 fully saturated rings. The predicted octanol–water partition coefficient (Wildman–Crippen LogP) is 2.94. The summed E-state index contributed by atoms with van der Waals surface area (Å²) in [4.78, 5) is 14.5. The summed E-state index contributed by atoms with van der Waals surface area (Å²) < 4.78 is 5.71. The van der Waals surface area contributed by atoms with Crippen LogP contribution in [0.2, 0.25) is 0 Å². The van der Waals surface area contributed by atoms with Gasteiger partial charge in [-0.05, 0) is 37.5 Å². The monoisotopic (exact) mass is 286 g/mol. The van der Waals surface area contributed by atoms with Crippen molar-refractivity contribution >= 4 is 16.9 Å². The van der Waals surface area contributed by atoms with Crippen LogP contribution in [0.25, 0.3) is 11.0 Å². The van der Waals surface area contributed by atoms with E-state index in [2.05, 4.69) is 6.92 Å². The number of rotatable bonds is 2. The molecule has 2 N–H and O–H groups in total. The second-order valence-corrected chi connectivity index (χ2v) is 6.02. The first-order chi connectivity index (χ1) is 10.1. The molecule has 0 bridgehead atoms. The van der Waals surface area contributed by atoms with Crippen molar-refractivity contribution < 1.29 is 9.21 Å². The molecule has 1 aromatic heterocycles. The Bertz CT molecular complexity index is 662. The molecule has 0 radical (unpaired) electrons. The molecule has 2 heterocycles. The van der Waals surface area contributed by atoms with Gasteiger partial charge in [-0.3, -0.25) is 4.79 Å². The van der Waals surface area contributed by atoms with Gasteiger partial charge < -0.3 is 15.1 Å². The molecule has 112 valence electrons. The van der Waals surface area contributed by atoms with Gasteiger partial charge >= 0.3 is 0 Å². The third-order valence-electron chi connectivity index (χ3n) is 4.49. The summed E-state index contributed by atoms with van der Waals surface area (Å²) in [5.41, 5.74) is 8.04. The van der Waals surface area contributed by atoms with Crippen molar-refractivity contribution in [1.82, 2.24) is 4.90 Å². The summed E-state index contributed by atoms with van der Waals surface area (Å²) in [6, 6.07) is 8.00. The van der Waals surface area contributed by atoms with Crippen molar-refractivity contribution in [3.8, 4) is 0 Å². The summed E-state index contributed by atoms with van der Waals surface area (Å²) in [5.74, 6) is 0.796. The van der Waals surface area contributed by atoms with Crippen LogP contribution < -0.4 is 5.73 Å². The van der Waals surface area contributed by atoms with Gasteiger partial charge in [-0.1, -0.05) is 25.0 Å². The van der Waals surface area contributed by atoms with Crippen LogP contribution in [0.3, 0.4) is 0 Å². The maximum Gasteiger partial charge on any atom is 0.289 e. The lowest BCUT2D eigenvalue weighted by Gasteiger charge is -2.36. The van der Waals surface area contributed by atoms with E-state index >= 15 is 0 Å². The second kappa shape index (κ2) is 5.53. The zero-order chi connectivity index (χ0) is 15.0. The number of carbonyl (C=O) groups excluding carboxylic acids is 1. The van der Waals surface area contributed by atoms with Gasteiger partial charge in [0.15, 0.2) is 5.76 Å². The van der Waals surface area contributed by atoms with E-state index in [1.165, 1.54) is 0 Å². The Labute approximate surface area is 124 Å². The fourth-order valence-corrected chi connectivity index (χ4v) is 3.09. The molecular formula is C17H22N2O2. The van der Waals surface area contributed by atoms with E-state index in [4.69, 9.17) is 10.2 Å². The molecule has 1 aliphatic heterocycles. The van der Waals surface area contributed by atoms with Crippen LogP contribution in [0.5, 0.6) is 0 Å². The highest BCUT2D eigenvalue weighted by Crippen LogP contribution is 2.24. The van der Waals surface area contributed by atoms with Crippen LogP contribution in [-0.2, 0) is 0 Å². The molecule has 0 aliphatic carbocycles. The zero-order valence-corrected chi connectivity index (χ0v) is 12.6. The molecule has 1 aromatic carbocycles.